The number of nitrogens with zero attached hydrogens (tertiary/aromatic N) is 2. The number of thiazole rings is 1. The van der Waals surface area contributed by atoms with Crippen molar-refractivity contribution in [3.05, 3.63) is 85.7 Å². The first kappa shape index (κ1) is 24.6. The van der Waals surface area contributed by atoms with Gasteiger partial charge in [-0.15, -0.1) is 0 Å². The van der Waals surface area contributed by atoms with Crippen molar-refractivity contribution in [1.82, 2.24) is 4.98 Å². The molecule has 0 fully saturated rings. The number of ether oxygens (including phenoxy) is 1. The lowest BCUT2D eigenvalue weighted by Crippen LogP contribution is -2.09. The summed E-state index contributed by atoms with van der Waals surface area (Å²) in [6.45, 7) is 1.90. The third-order valence-electron chi connectivity index (χ3n) is 4.60. The first-order chi connectivity index (χ1) is 16.5. The van der Waals surface area contributed by atoms with Crippen LogP contribution in [0.2, 0.25) is 5.02 Å². The zero-order chi connectivity index (χ0) is 25.3. The van der Waals surface area contributed by atoms with E-state index >= 15 is 0 Å². The summed E-state index contributed by atoms with van der Waals surface area (Å²) in [4.78, 5) is 27.4. The number of rotatable bonds is 6. The molecule has 0 spiro atoms. The van der Waals surface area contributed by atoms with Gasteiger partial charge in [-0.05, 0) is 31.2 Å². The molecule has 1 N–H and O–H groups in total. The molecule has 2 heterocycles. The van der Waals surface area contributed by atoms with Crippen LogP contribution in [0.25, 0.3) is 11.3 Å². The molecule has 1 amide bonds. The number of nitrogens with one attached hydrogen (secondary N) is 1. The lowest BCUT2D eigenvalue weighted by atomic mass is 10.1. The van der Waals surface area contributed by atoms with E-state index < -0.39 is 22.6 Å². The van der Waals surface area contributed by atoms with Gasteiger partial charge in [0.05, 0.1) is 20.4 Å². The number of aryl methyl sites for hydroxylation is 1. The highest BCUT2D eigenvalue weighted by Gasteiger charge is 2.31. The molecule has 7 nitrogen and oxygen atoms in total. The quantitative estimate of drug-likeness (QED) is 0.199. The molecule has 0 saturated carbocycles. The number of amides is 1. The monoisotopic (exact) mass is 539 g/mol. The number of hydrogen-bond acceptors (Lipinski definition) is 7. The molecule has 0 saturated heterocycles. The first-order valence-corrected chi connectivity index (χ1v) is 11.7. The van der Waals surface area contributed by atoms with Crippen LogP contribution in [-0.2, 0) is 6.18 Å². The zero-order valence-electron chi connectivity index (χ0n) is 17.6. The van der Waals surface area contributed by atoms with Gasteiger partial charge in [0.2, 0.25) is 5.06 Å². The Kier molecular flexibility index (Phi) is 6.79. The van der Waals surface area contributed by atoms with Gasteiger partial charge >= 0.3 is 11.2 Å². The van der Waals surface area contributed by atoms with Gasteiger partial charge < -0.3 is 4.74 Å². The molecule has 180 valence electrons. The van der Waals surface area contributed by atoms with Crippen molar-refractivity contribution in [2.75, 3.05) is 5.32 Å². The van der Waals surface area contributed by atoms with Crippen LogP contribution in [0.4, 0.5) is 23.3 Å². The molecule has 0 aliphatic carbocycles. The Balaban J connectivity index is 1.67. The molecule has 4 aromatic rings. The summed E-state index contributed by atoms with van der Waals surface area (Å²) in [6.07, 6.45) is -4.56. The molecule has 35 heavy (non-hydrogen) atoms. The highest BCUT2D eigenvalue weighted by molar-refractivity contribution is 7.19. The number of carbonyl (C=O) groups is 1. The van der Waals surface area contributed by atoms with Gasteiger partial charge in [-0.1, -0.05) is 64.1 Å². The number of alkyl halides is 3. The maximum atomic E-state index is 13.0. The minimum Gasteiger partial charge on any atom is -0.443 e. The molecule has 0 unspecified atom stereocenters. The first-order valence-electron chi connectivity index (χ1n) is 9.69. The highest BCUT2D eigenvalue weighted by Crippen LogP contribution is 2.43. The van der Waals surface area contributed by atoms with Gasteiger partial charge in [0, 0.05) is 11.6 Å². The Morgan fingerprint density at radius 3 is 2.43 bits per heavy atom. The minimum atomic E-state index is -4.56. The van der Waals surface area contributed by atoms with E-state index in [1.54, 1.807) is 12.1 Å². The topological polar surface area (TPSA) is 94.4 Å². The fourth-order valence-electron chi connectivity index (χ4n) is 2.89. The smallest absolute Gasteiger partial charge is 0.416 e. The number of benzene rings is 2. The Labute approximate surface area is 208 Å². The van der Waals surface area contributed by atoms with Crippen molar-refractivity contribution in [3.8, 4) is 22.1 Å². The van der Waals surface area contributed by atoms with Crippen molar-refractivity contribution in [2.24, 2.45) is 0 Å². The molecule has 13 heteroatoms. The largest absolute Gasteiger partial charge is 0.443 e. The van der Waals surface area contributed by atoms with E-state index in [4.69, 9.17) is 16.3 Å². The number of anilines is 1. The van der Waals surface area contributed by atoms with E-state index in [2.05, 4.69) is 10.3 Å². The van der Waals surface area contributed by atoms with Crippen molar-refractivity contribution >= 4 is 50.3 Å². The predicted octanol–water partition coefficient (Wildman–Crippen LogP) is 7.81. The van der Waals surface area contributed by atoms with Crippen LogP contribution in [0.15, 0.2) is 54.6 Å². The second kappa shape index (κ2) is 9.64. The maximum Gasteiger partial charge on any atom is 0.416 e. The maximum absolute atomic E-state index is 13.0. The fraction of sp³-hybridized carbons (Fsp3) is 0.0909. The zero-order valence-corrected chi connectivity index (χ0v) is 19.9. The van der Waals surface area contributed by atoms with E-state index in [-0.39, 0.29) is 30.8 Å². The molecule has 4 rings (SSSR count). The van der Waals surface area contributed by atoms with Crippen LogP contribution in [0.1, 0.15) is 20.8 Å². The summed E-state index contributed by atoms with van der Waals surface area (Å²) in [5.74, 6) is -0.630. The van der Waals surface area contributed by atoms with Gasteiger partial charge in [-0.25, -0.2) is 4.98 Å². The SMILES string of the molecule is Cc1ccc(-c2nc(NC(=O)c3ccc([N+](=O)[O-])s3)sc2Oc2ccc(C(F)(F)F)cc2Cl)cc1. The number of thiophene rings is 1. The molecule has 0 atom stereocenters. The molecule has 0 aliphatic heterocycles. The van der Waals surface area contributed by atoms with Gasteiger partial charge in [0.25, 0.3) is 5.91 Å². The average molecular weight is 540 g/mol. The fourth-order valence-corrected chi connectivity index (χ4v) is 4.67. The van der Waals surface area contributed by atoms with Gasteiger partial charge in [-0.3, -0.25) is 20.2 Å². The molecule has 0 aliphatic rings. The summed E-state index contributed by atoms with van der Waals surface area (Å²) in [5, 5.41) is 13.3. The van der Waals surface area contributed by atoms with Crippen LogP contribution < -0.4 is 10.1 Å². The second-order valence-corrected chi connectivity index (χ2v) is 9.55. The average Bonchev–Trinajstić information content (AvgIpc) is 3.43. The van der Waals surface area contributed by atoms with Gasteiger partial charge in [-0.2, -0.15) is 13.2 Å². The van der Waals surface area contributed by atoms with Crippen molar-refractivity contribution < 1.29 is 27.6 Å². The molecule has 2 aromatic heterocycles. The second-order valence-electron chi connectivity index (χ2n) is 7.12. The summed E-state index contributed by atoms with van der Waals surface area (Å²) in [5.41, 5.74) is 1.04. The normalized spacial score (nSPS) is 11.3. The van der Waals surface area contributed by atoms with Crippen LogP contribution in [0, 0.1) is 17.0 Å². The number of nitro groups is 1. The van der Waals surface area contributed by atoms with Crippen LogP contribution in [0.5, 0.6) is 10.8 Å². The highest BCUT2D eigenvalue weighted by atomic mass is 35.5. The molecular weight excluding hydrogens is 527 g/mol. The summed E-state index contributed by atoms with van der Waals surface area (Å²) >= 11 is 7.68. The van der Waals surface area contributed by atoms with E-state index in [1.807, 2.05) is 19.1 Å². The van der Waals surface area contributed by atoms with Crippen LogP contribution in [-0.4, -0.2) is 15.8 Å². The standard InChI is InChI=1S/C22H13ClF3N3O4S2/c1-11-2-4-12(5-3-11)18-20(33-15-7-6-13(10-14(15)23)22(24,25)26)35-21(27-18)28-19(30)16-8-9-17(34-16)29(31)32/h2-10H,1H3,(H,27,28,30). The Bertz CT molecular complexity index is 1420. The van der Waals surface area contributed by atoms with Crippen LogP contribution >= 0.6 is 34.3 Å². The predicted molar refractivity (Wildman–Crippen MR) is 128 cm³/mol. The Morgan fingerprint density at radius 2 is 1.83 bits per heavy atom. The summed E-state index contributed by atoms with van der Waals surface area (Å²) in [6, 6.07) is 12.5. The van der Waals surface area contributed by atoms with E-state index in [1.165, 1.54) is 12.1 Å². The molecular formula is C22H13ClF3N3O4S2. The van der Waals surface area contributed by atoms with Crippen molar-refractivity contribution in [2.45, 2.75) is 13.1 Å². The third kappa shape index (κ3) is 5.61. The minimum absolute atomic E-state index is 0.0246. The number of halogens is 4. The van der Waals surface area contributed by atoms with E-state index in [0.717, 1.165) is 35.1 Å². The Morgan fingerprint density at radius 1 is 1.11 bits per heavy atom. The number of aromatic nitrogens is 1. The van der Waals surface area contributed by atoms with Gasteiger partial charge in [0.1, 0.15) is 11.4 Å². The molecule has 0 bridgehead atoms. The lowest BCUT2D eigenvalue weighted by Gasteiger charge is -2.11. The van der Waals surface area contributed by atoms with Crippen LogP contribution in [0.3, 0.4) is 0 Å². The number of carbonyl (C=O) groups excluding carboxylic acids is 1. The van der Waals surface area contributed by atoms with Crippen molar-refractivity contribution in [3.63, 3.8) is 0 Å². The third-order valence-corrected chi connectivity index (χ3v) is 6.78. The van der Waals surface area contributed by atoms with Gasteiger partial charge in [0.15, 0.2) is 5.13 Å². The summed E-state index contributed by atoms with van der Waals surface area (Å²) < 4.78 is 44.7. The van der Waals surface area contributed by atoms with Crippen molar-refractivity contribution in [1.29, 1.82) is 0 Å². The molecule has 0 radical (unpaired) electrons. The summed E-state index contributed by atoms with van der Waals surface area (Å²) in [7, 11) is 0. The molecule has 2 aromatic carbocycles. The number of hydrogen-bond donors (Lipinski definition) is 1. The van der Waals surface area contributed by atoms with E-state index in [9.17, 15) is 28.1 Å². The lowest BCUT2D eigenvalue weighted by molar-refractivity contribution is -0.380. The Hall–Kier alpha value is -3.48. The van der Waals surface area contributed by atoms with E-state index in [0.29, 0.717) is 22.6 Å².